The minimum absolute atomic E-state index is 0.0126. The summed E-state index contributed by atoms with van der Waals surface area (Å²) >= 11 is 0. The third-order valence-corrected chi connectivity index (χ3v) is 4.88. The Morgan fingerprint density at radius 3 is 2.54 bits per heavy atom. The molecule has 1 saturated heterocycles. The van der Waals surface area contributed by atoms with Gasteiger partial charge in [-0.1, -0.05) is 29.8 Å². The van der Waals surface area contributed by atoms with Crippen LogP contribution in [-0.2, 0) is 11.3 Å². The van der Waals surface area contributed by atoms with E-state index in [-0.39, 0.29) is 17.9 Å². The van der Waals surface area contributed by atoms with Crippen LogP contribution in [0.1, 0.15) is 48.3 Å². The smallest absolute Gasteiger partial charge is 0.257 e. The van der Waals surface area contributed by atoms with E-state index in [1.807, 2.05) is 37.8 Å². The highest BCUT2D eigenvalue weighted by Crippen LogP contribution is 2.18. The molecule has 2 heterocycles. The first-order valence-electron chi connectivity index (χ1n) is 9.06. The summed E-state index contributed by atoms with van der Waals surface area (Å²) in [7, 11) is 0. The molecular formula is C20H26N4O2. The lowest BCUT2D eigenvalue weighted by molar-refractivity contribution is -0.140. The Morgan fingerprint density at radius 2 is 1.92 bits per heavy atom. The Bertz CT molecular complexity index is 794. The van der Waals surface area contributed by atoms with Crippen LogP contribution in [0.25, 0.3) is 0 Å². The maximum absolute atomic E-state index is 12.8. The number of rotatable bonds is 4. The van der Waals surface area contributed by atoms with Gasteiger partial charge in [0.2, 0.25) is 5.91 Å². The summed E-state index contributed by atoms with van der Waals surface area (Å²) in [5.41, 5.74) is 2.84. The molecule has 2 amide bonds. The van der Waals surface area contributed by atoms with Crippen LogP contribution < -0.4 is 0 Å². The number of benzene rings is 1. The fourth-order valence-electron chi connectivity index (χ4n) is 3.17. The van der Waals surface area contributed by atoms with Gasteiger partial charge >= 0.3 is 0 Å². The van der Waals surface area contributed by atoms with Gasteiger partial charge < -0.3 is 9.80 Å². The van der Waals surface area contributed by atoms with Crippen molar-refractivity contribution < 1.29 is 9.59 Å². The lowest BCUT2D eigenvalue weighted by Crippen LogP contribution is -2.57. The number of amides is 2. The second-order valence-electron chi connectivity index (χ2n) is 7.22. The zero-order valence-corrected chi connectivity index (χ0v) is 15.8. The van der Waals surface area contributed by atoms with Gasteiger partial charge in [0.25, 0.3) is 5.91 Å². The fourth-order valence-corrected chi connectivity index (χ4v) is 3.17. The topological polar surface area (TPSA) is 58.4 Å². The monoisotopic (exact) mass is 354 g/mol. The molecular weight excluding hydrogens is 328 g/mol. The van der Waals surface area contributed by atoms with E-state index in [0.717, 1.165) is 5.56 Å². The van der Waals surface area contributed by atoms with E-state index < -0.39 is 6.04 Å². The first-order valence-corrected chi connectivity index (χ1v) is 9.06. The quantitative estimate of drug-likeness (QED) is 0.848. The van der Waals surface area contributed by atoms with E-state index in [1.165, 1.54) is 5.56 Å². The van der Waals surface area contributed by atoms with E-state index in [9.17, 15) is 9.59 Å². The minimum atomic E-state index is -0.468. The average molecular weight is 354 g/mol. The van der Waals surface area contributed by atoms with Gasteiger partial charge in [-0.15, -0.1) is 0 Å². The van der Waals surface area contributed by atoms with E-state index in [0.29, 0.717) is 25.2 Å². The summed E-state index contributed by atoms with van der Waals surface area (Å²) < 4.78 is 1.76. The first kappa shape index (κ1) is 18.2. The standard InChI is InChI=1S/C20H26N4O2/c1-14(2)24-13-18(11-21-24)20(26)23-10-9-22(19(25)16(23)4)12-17-7-5-15(3)6-8-17/h5-8,11,13-14,16H,9-10,12H2,1-4H3/t16-/m1/s1. The summed E-state index contributed by atoms with van der Waals surface area (Å²) in [6, 6.07) is 7.92. The van der Waals surface area contributed by atoms with Crippen molar-refractivity contribution in [3.05, 3.63) is 53.3 Å². The molecule has 0 unspecified atom stereocenters. The maximum atomic E-state index is 12.8. The second-order valence-corrected chi connectivity index (χ2v) is 7.22. The van der Waals surface area contributed by atoms with Crippen LogP contribution in [0.5, 0.6) is 0 Å². The van der Waals surface area contributed by atoms with Crippen LogP contribution in [0, 0.1) is 6.92 Å². The van der Waals surface area contributed by atoms with Gasteiger partial charge in [0, 0.05) is 31.9 Å². The molecule has 2 aromatic rings. The zero-order valence-electron chi connectivity index (χ0n) is 15.8. The largest absolute Gasteiger partial charge is 0.335 e. The van der Waals surface area contributed by atoms with E-state index in [2.05, 4.69) is 17.2 Å². The molecule has 0 N–H and O–H groups in total. The number of carbonyl (C=O) groups is 2. The van der Waals surface area contributed by atoms with Crippen LogP contribution in [0.3, 0.4) is 0 Å². The molecule has 1 aromatic heterocycles. The molecule has 26 heavy (non-hydrogen) atoms. The molecule has 6 heteroatoms. The summed E-state index contributed by atoms with van der Waals surface area (Å²) in [6.07, 6.45) is 3.33. The minimum Gasteiger partial charge on any atom is -0.335 e. The van der Waals surface area contributed by atoms with Crippen molar-refractivity contribution in [2.45, 2.75) is 46.3 Å². The van der Waals surface area contributed by atoms with E-state index in [1.54, 1.807) is 28.9 Å². The van der Waals surface area contributed by atoms with E-state index in [4.69, 9.17) is 0 Å². The third-order valence-electron chi connectivity index (χ3n) is 4.88. The highest BCUT2D eigenvalue weighted by atomic mass is 16.2. The lowest BCUT2D eigenvalue weighted by atomic mass is 10.1. The van der Waals surface area contributed by atoms with Gasteiger partial charge in [-0.3, -0.25) is 14.3 Å². The molecule has 1 aliphatic rings. The lowest BCUT2D eigenvalue weighted by Gasteiger charge is -2.39. The number of nitrogens with zero attached hydrogens (tertiary/aromatic N) is 4. The molecule has 0 aliphatic carbocycles. The molecule has 1 atom stereocenters. The second kappa shape index (κ2) is 7.32. The fraction of sp³-hybridized carbons (Fsp3) is 0.450. The van der Waals surface area contributed by atoms with Crippen molar-refractivity contribution in [1.29, 1.82) is 0 Å². The van der Waals surface area contributed by atoms with Gasteiger partial charge in [-0.05, 0) is 33.3 Å². The van der Waals surface area contributed by atoms with Crippen molar-refractivity contribution in [3.8, 4) is 0 Å². The van der Waals surface area contributed by atoms with Crippen molar-refractivity contribution >= 4 is 11.8 Å². The van der Waals surface area contributed by atoms with Crippen LogP contribution >= 0.6 is 0 Å². The maximum Gasteiger partial charge on any atom is 0.257 e. The van der Waals surface area contributed by atoms with Crippen molar-refractivity contribution in [3.63, 3.8) is 0 Å². The predicted octanol–water partition coefficient (Wildman–Crippen LogP) is 2.65. The summed E-state index contributed by atoms with van der Waals surface area (Å²) in [5, 5.41) is 4.23. The van der Waals surface area contributed by atoms with Crippen LogP contribution in [0.4, 0.5) is 0 Å². The Balaban J connectivity index is 1.68. The van der Waals surface area contributed by atoms with Gasteiger partial charge in [0.15, 0.2) is 0 Å². The Labute approximate surface area is 154 Å². The van der Waals surface area contributed by atoms with E-state index >= 15 is 0 Å². The number of hydrogen-bond donors (Lipinski definition) is 0. The van der Waals surface area contributed by atoms with Crippen LogP contribution in [0.2, 0.25) is 0 Å². The number of aryl methyl sites for hydroxylation is 1. The summed E-state index contributed by atoms with van der Waals surface area (Å²) in [5.74, 6) is -0.144. The molecule has 0 saturated carbocycles. The highest BCUT2D eigenvalue weighted by Gasteiger charge is 2.35. The van der Waals surface area contributed by atoms with Gasteiger partial charge in [-0.25, -0.2) is 0 Å². The summed E-state index contributed by atoms with van der Waals surface area (Å²) in [4.78, 5) is 29.0. The molecule has 0 spiro atoms. The molecule has 1 fully saturated rings. The highest BCUT2D eigenvalue weighted by molar-refractivity contribution is 5.97. The van der Waals surface area contributed by atoms with Crippen LogP contribution in [0.15, 0.2) is 36.7 Å². The SMILES string of the molecule is Cc1ccc(CN2CCN(C(=O)c3cnn(C(C)C)c3)[C@H](C)C2=O)cc1. The summed E-state index contributed by atoms with van der Waals surface area (Å²) in [6.45, 7) is 9.52. The van der Waals surface area contributed by atoms with Crippen LogP contribution in [-0.4, -0.2) is 50.5 Å². The molecule has 3 rings (SSSR count). The first-order chi connectivity index (χ1) is 12.4. The Hall–Kier alpha value is -2.63. The van der Waals surface area contributed by atoms with Gasteiger partial charge in [0.05, 0.1) is 11.8 Å². The zero-order chi connectivity index (χ0) is 18.8. The molecule has 138 valence electrons. The van der Waals surface area contributed by atoms with Crippen molar-refractivity contribution in [2.75, 3.05) is 13.1 Å². The molecule has 0 bridgehead atoms. The van der Waals surface area contributed by atoms with Gasteiger partial charge in [0.1, 0.15) is 6.04 Å². The number of piperazine rings is 1. The number of aromatic nitrogens is 2. The molecule has 6 nitrogen and oxygen atoms in total. The molecule has 0 radical (unpaired) electrons. The number of carbonyl (C=O) groups excluding carboxylic acids is 2. The molecule has 1 aliphatic heterocycles. The Kier molecular flexibility index (Phi) is 5.11. The molecule has 1 aromatic carbocycles. The number of hydrogen-bond acceptors (Lipinski definition) is 3. The third kappa shape index (κ3) is 3.64. The van der Waals surface area contributed by atoms with Crippen molar-refractivity contribution in [2.24, 2.45) is 0 Å². The van der Waals surface area contributed by atoms with Gasteiger partial charge in [-0.2, -0.15) is 5.10 Å². The predicted molar refractivity (Wildman–Crippen MR) is 99.7 cm³/mol. The Morgan fingerprint density at radius 1 is 1.23 bits per heavy atom. The van der Waals surface area contributed by atoms with Crippen molar-refractivity contribution in [1.82, 2.24) is 19.6 Å². The average Bonchev–Trinajstić information content (AvgIpc) is 3.11. The normalized spacial score (nSPS) is 17.9.